The van der Waals surface area contributed by atoms with Gasteiger partial charge >= 0.3 is 5.63 Å². The quantitative estimate of drug-likeness (QED) is 0.191. The predicted octanol–water partition coefficient (Wildman–Crippen LogP) is 9.12. The molecule has 0 saturated heterocycles. The average molecular weight is 523 g/mol. The molecule has 0 radical (unpaired) electrons. The van der Waals surface area contributed by atoms with Gasteiger partial charge in [0.25, 0.3) is 0 Å². The van der Waals surface area contributed by atoms with Crippen LogP contribution in [-0.2, 0) is 4.79 Å². The number of carbonyl (C=O) groups excluding carboxylic acids is 1. The van der Waals surface area contributed by atoms with E-state index in [-0.39, 0.29) is 29.2 Å². The second kappa shape index (κ2) is 15.5. The Labute approximate surface area is 231 Å². The molecule has 0 aliphatic rings. The van der Waals surface area contributed by atoms with E-state index in [9.17, 15) is 9.59 Å². The number of allylic oxidation sites excluding steroid dienone is 10. The Morgan fingerprint density at radius 2 is 1.55 bits per heavy atom. The molecule has 210 valence electrons. The average Bonchev–Trinajstić information content (AvgIpc) is 2.80. The summed E-state index contributed by atoms with van der Waals surface area (Å²) in [7, 11) is 1.58. The van der Waals surface area contributed by atoms with E-state index in [4.69, 9.17) is 9.15 Å². The maximum absolute atomic E-state index is 12.5. The van der Waals surface area contributed by atoms with Gasteiger partial charge in [0, 0.05) is 11.5 Å². The molecule has 4 nitrogen and oxygen atoms in total. The third kappa shape index (κ3) is 10.1. The van der Waals surface area contributed by atoms with Crippen LogP contribution in [0.25, 0.3) is 5.57 Å². The molecule has 0 aromatic carbocycles. The van der Waals surface area contributed by atoms with Gasteiger partial charge in [-0.15, -0.1) is 0 Å². The van der Waals surface area contributed by atoms with Crippen molar-refractivity contribution in [1.29, 1.82) is 0 Å². The molecule has 0 aliphatic heterocycles. The first-order chi connectivity index (χ1) is 17.7. The number of ether oxygens (including phenoxy) is 1. The zero-order valence-electron chi connectivity index (χ0n) is 25.9. The lowest BCUT2D eigenvalue weighted by atomic mass is 9.93. The van der Waals surface area contributed by atoms with Gasteiger partial charge in [-0.1, -0.05) is 81.2 Å². The lowest BCUT2D eigenvalue weighted by Gasteiger charge is -2.13. The lowest BCUT2D eigenvalue weighted by Crippen LogP contribution is -2.12. The van der Waals surface area contributed by atoms with Crippen LogP contribution in [0.15, 0.2) is 61.9 Å². The second-order valence-corrected chi connectivity index (χ2v) is 11.1. The highest BCUT2D eigenvalue weighted by Gasteiger charge is 2.16. The number of methoxy groups -OCH3 is 1. The number of ketones is 1. The van der Waals surface area contributed by atoms with Crippen molar-refractivity contribution in [1.82, 2.24) is 0 Å². The number of Topliss-reactive ketones (excluding diaryl/α,β-unsaturated/α-hetero) is 1. The van der Waals surface area contributed by atoms with Crippen LogP contribution in [0.1, 0.15) is 98.5 Å². The molecule has 0 amide bonds. The minimum atomic E-state index is -0.360. The van der Waals surface area contributed by atoms with Crippen LogP contribution in [-0.4, -0.2) is 12.9 Å². The molecule has 38 heavy (non-hydrogen) atoms. The third-order valence-corrected chi connectivity index (χ3v) is 6.79. The van der Waals surface area contributed by atoms with Crippen molar-refractivity contribution in [2.45, 2.75) is 95.4 Å². The van der Waals surface area contributed by atoms with Gasteiger partial charge in [0.1, 0.15) is 11.5 Å². The largest absolute Gasteiger partial charge is 0.496 e. The van der Waals surface area contributed by atoms with Crippen LogP contribution < -0.4 is 10.4 Å². The van der Waals surface area contributed by atoms with E-state index in [0.717, 1.165) is 36.0 Å². The Hall–Kier alpha value is -2.88. The number of hydrogen-bond donors (Lipinski definition) is 0. The predicted molar refractivity (Wildman–Crippen MR) is 162 cm³/mol. The standard InChI is InChI=1S/C34H50O4/c1-13-14-26(7)31(35)27(8)19-24(5)17-22(3)15-21(2)16-23(4)18-25(6)20-28(9)32-29(10)33(37-12)30(11)34(36)38-32/h15-17,19-20,24-26H,13-14,18H2,1-12H3. The minimum Gasteiger partial charge on any atom is -0.496 e. The Morgan fingerprint density at radius 3 is 2.13 bits per heavy atom. The van der Waals surface area contributed by atoms with Gasteiger partial charge in [0.2, 0.25) is 0 Å². The number of hydrogen-bond acceptors (Lipinski definition) is 4. The Bertz CT molecular complexity index is 1180. The fourth-order valence-electron chi connectivity index (χ4n) is 5.26. The fourth-order valence-corrected chi connectivity index (χ4v) is 5.26. The highest BCUT2D eigenvalue weighted by atomic mass is 16.5. The summed E-state index contributed by atoms with van der Waals surface area (Å²) in [6.45, 7) is 22.3. The summed E-state index contributed by atoms with van der Waals surface area (Å²) in [5.41, 5.74) is 6.42. The molecule has 0 spiro atoms. The lowest BCUT2D eigenvalue weighted by molar-refractivity contribution is -0.118. The Kier molecular flexibility index (Phi) is 13.5. The smallest absolute Gasteiger partial charge is 0.342 e. The van der Waals surface area contributed by atoms with E-state index in [2.05, 4.69) is 71.9 Å². The highest BCUT2D eigenvalue weighted by Crippen LogP contribution is 2.29. The molecule has 0 fully saturated rings. The van der Waals surface area contributed by atoms with Crippen molar-refractivity contribution < 1.29 is 13.9 Å². The van der Waals surface area contributed by atoms with E-state index in [1.165, 1.54) is 16.7 Å². The minimum absolute atomic E-state index is 0.0899. The zero-order chi connectivity index (χ0) is 29.2. The van der Waals surface area contributed by atoms with Crippen molar-refractivity contribution in [2.24, 2.45) is 17.8 Å². The molecule has 3 atom stereocenters. The Morgan fingerprint density at radius 1 is 0.921 bits per heavy atom. The van der Waals surface area contributed by atoms with Crippen molar-refractivity contribution in [3.8, 4) is 5.75 Å². The molecule has 1 rings (SSSR count). The van der Waals surface area contributed by atoms with Crippen LogP contribution in [0.4, 0.5) is 0 Å². The van der Waals surface area contributed by atoms with Gasteiger partial charge in [-0.2, -0.15) is 0 Å². The van der Waals surface area contributed by atoms with Crippen LogP contribution in [0, 0.1) is 31.6 Å². The monoisotopic (exact) mass is 522 g/mol. The first kappa shape index (κ1) is 33.1. The van der Waals surface area contributed by atoms with Gasteiger partial charge in [-0.25, -0.2) is 4.79 Å². The van der Waals surface area contributed by atoms with Gasteiger partial charge < -0.3 is 9.15 Å². The summed E-state index contributed by atoms with van der Waals surface area (Å²) in [4.78, 5) is 24.8. The maximum atomic E-state index is 12.5. The van der Waals surface area contributed by atoms with E-state index in [0.29, 0.717) is 17.1 Å². The SMILES string of the molecule is CCCC(C)C(=O)C(C)=CC(C)C=C(C)C=C(C)C=C(C)CC(C)C=C(C)c1oc(=O)c(C)c(OC)c1C. The topological polar surface area (TPSA) is 56.5 Å². The molecular formula is C34H50O4. The summed E-state index contributed by atoms with van der Waals surface area (Å²) in [5, 5.41) is 0. The molecule has 1 aromatic heterocycles. The van der Waals surface area contributed by atoms with Gasteiger partial charge in [-0.3, -0.25) is 4.79 Å². The summed E-state index contributed by atoms with van der Waals surface area (Å²) in [5.74, 6) is 1.99. The number of carbonyl (C=O) groups is 1. The summed E-state index contributed by atoms with van der Waals surface area (Å²) in [6, 6.07) is 0. The molecule has 3 unspecified atom stereocenters. The summed E-state index contributed by atoms with van der Waals surface area (Å²) >= 11 is 0. The normalized spacial score (nSPS) is 16.4. The van der Waals surface area contributed by atoms with Crippen LogP contribution in [0.3, 0.4) is 0 Å². The van der Waals surface area contributed by atoms with Crippen molar-refractivity contribution >= 4 is 11.4 Å². The number of rotatable bonds is 13. The van der Waals surface area contributed by atoms with Crippen molar-refractivity contribution in [3.05, 3.63) is 80.0 Å². The molecular weight excluding hydrogens is 472 g/mol. The van der Waals surface area contributed by atoms with Crippen LogP contribution >= 0.6 is 0 Å². The van der Waals surface area contributed by atoms with E-state index < -0.39 is 0 Å². The summed E-state index contributed by atoms with van der Waals surface area (Å²) in [6.07, 6.45) is 13.7. The summed E-state index contributed by atoms with van der Waals surface area (Å²) < 4.78 is 11.0. The molecule has 0 saturated carbocycles. The van der Waals surface area contributed by atoms with Crippen molar-refractivity contribution in [2.75, 3.05) is 7.11 Å². The van der Waals surface area contributed by atoms with Gasteiger partial charge in [-0.05, 0) is 84.3 Å². The Balaban J connectivity index is 2.95. The molecule has 4 heteroatoms. The van der Waals surface area contributed by atoms with Crippen molar-refractivity contribution in [3.63, 3.8) is 0 Å². The fraction of sp³-hybridized carbons (Fsp3) is 0.529. The van der Waals surface area contributed by atoms with E-state index in [1.54, 1.807) is 14.0 Å². The molecule has 0 bridgehead atoms. The van der Waals surface area contributed by atoms with Crippen LogP contribution in [0.5, 0.6) is 5.75 Å². The first-order valence-corrected chi connectivity index (χ1v) is 13.8. The first-order valence-electron chi connectivity index (χ1n) is 13.8. The van der Waals surface area contributed by atoms with Gasteiger partial charge in [0.05, 0.1) is 12.7 Å². The molecule has 0 aliphatic carbocycles. The van der Waals surface area contributed by atoms with E-state index in [1.807, 2.05) is 27.7 Å². The molecule has 1 heterocycles. The molecule has 0 N–H and O–H groups in total. The zero-order valence-corrected chi connectivity index (χ0v) is 25.9. The maximum Gasteiger partial charge on any atom is 0.342 e. The highest BCUT2D eigenvalue weighted by molar-refractivity contribution is 5.96. The second-order valence-electron chi connectivity index (χ2n) is 11.1. The van der Waals surface area contributed by atoms with E-state index >= 15 is 0 Å². The third-order valence-electron chi connectivity index (χ3n) is 6.79. The van der Waals surface area contributed by atoms with Crippen LogP contribution in [0.2, 0.25) is 0 Å². The molecule has 1 aromatic rings. The van der Waals surface area contributed by atoms with Gasteiger partial charge in [0.15, 0.2) is 5.78 Å².